The number of hydrogen-bond donors (Lipinski definition) is 2. The number of carbonyl (C=O) groups is 2. The van der Waals surface area contributed by atoms with Crippen molar-refractivity contribution in [3.63, 3.8) is 0 Å². The molecule has 0 aliphatic rings. The van der Waals surface area contributed by atoms with E-state index in [2.05, 4.69) is 12.4 Å². The van der Waals surface area contributed by atoms with E-state index in [1.54, 1.807) is 12.1 Å². The zero-order valence-corrected chi connectivity index (χ0v) is 13.5. The second-order valence-corrected chi connectivity index (χ2v) is 5.26. The maximum absolute atomic E-state index is 11.5. The Morgan fingerprint density at radius 3 is 2.39 bits per heavy atom. The summed E-state index contributed by atoms with van der Waals surface area (Å²) in [7, 11) is 0. The van der Waals surface area contributed by atoms with Gasteiger partial charge in [-0.05, 0) is 18.6 Å². The number of hydrogen-bond acceptors (Lipinski definition) is 4. The average molecular weight is 323 g/mol. The second kappa shape index (κ2) is 11.3. The van der Waals surface area contributed by atoms with Crippen LogP contribution in [0.4, 0.5) is 4.79 Å². The van der Waals surface area contributed by atoms with Crippen molar-refractivity contribution in [3.05, 3.63) is 29.8 Å². The molecule has 0 unspecified atom stereocenters. The van der Waals surface area contributed by atoms with Crippen molar-refractivity contribution < 1.29 is 24.3 Å². The molecule has 0 saturated carbocycles. The summed E-state index contributed by atoms with van der Waals surface area (Å²) in [5, 5.41) is 8.98. The molecule has 0 fully saturated rings. The number of aromatic carboxylic acids is 1. The second-order valence-electron chi connectivity index (χ2n) is 5.26. The Morgan fingerprint density at radius 1 is 1.04 bits per heavy atom. The Hall–Kier alpha value is -2.24. The van der Waals surface area contributed by atoms with Gasteiger partial charge in [-0.2, -0.15) is 5.48 Å². The monoisotopic (exact) mass is 323 g/mol. The Balaban J connectivity index is 2.14. The number of carbonyl (C=O) groups excluding carboxylic acids is 1. The highest BCUT2D eigenvalue weighted by Crippen LogP contribution is 2.16. The lowest BCUT2D eigenvalue weighted by Gasteiger charge is -2.09. The molecule has 0 atom stereocenters. The fourth-order valence-electron chi connectivity index (χ4n) is 2.08. The van der Waals surface area contributed by atoms with Crippen LogP contribution >= 0.6 is 0 Å². The minimum Gasteiger partial charge on any atom is -0.478 e. The van der Waals surface area contributed by atoms with E-state index in [-0.39, 0.29) is 11.3 Å². The molecule has 0 heterocycles. The van der Waals surface area contributed by atoms with Crippen LogP contribution in [0.5, 0.6) is 5.75 Å². The number of ether oxygens (including phenoxy) is 1. The number of amides is 1. The van der Waals surface area contributed by atoms with Crippen LogP contribution in [0.1, 0.15) is 62.2 Å². The number of nitrogens with one attached hydrogen (secondary N) is 1. The fourth-order valence-corrected chi connectivity index (χ4v) is 2.08. The molecule has 6 heteroatoms. The molecule has 0 radical (unpaired) electrons. The first-order valence-electron chi connectivity index (χ1n) is 8.07. The molecular weight excluding hydrogens is 298 g/mol. The molecule has 2 N–H and O–H groups in total. The van der Waals surface area contributed by atoms with Crippen LogP contribution in [-0.2, 0) is 4.74 Å². The summed E-state index contributed by atoms with van der Waals surface area (Å²) in [6, 6.07) is 6.05. The highest BCUT2D eigenvalue weighted by Gasteiger charge is 2.12. The maximum Gasteiger partial charge on any atom is 0.440 e. The molecule has 0 aliphatic heterocycles. The molecule has 0 aliphatic carbocycles. The van der Waals surface area contributed by atoms with Gasteiger partial charge in [-0.25, -0.2) is 9.59 Å². The Morgan fingerprint density at radius 2 is 1.70 bits per heavy atom. The van der Waals surface area contributed by atoms with Crippen LogP contribution < -0.4 is 10.3 Å². The quantitative estimate of drug-likeness (QED) is 0.472. The van der Waals surface area contributed by atoms with Gasteiger partial charge in [0.05, 0.1) is 6.61 Å². The van der Waals surface area contributed by atoms with Gasteiger partial charge < -0.3 is 14.7 Å². The van der Waals surface area contributed by atoms with Crippen LogP contribution in [0.3, 0.4) is 0 Å². The minimum atomic E-state index is -1.13. The molecule has 6 nitrogen and oxygen atoms in total. The first-order chi connectivity index (χ1) is 11.1. The first kappa shape index (κ1) is 18.8. The van der Waals surface area contributed by atoms with Crippen LogP contribution in [0, 0.1) is 0 Å². The number of carboxylic acid groups (broad SMARTS) is 1. The molecule has 0 spiro atoms. The molecule has 1 rings (SSSR count). The third-order valence-electron chi connectivity index (χ3n) is 3.34. The Bertz CT molecular complexity index is 490. The van der Waals surface area contributed by atoms with Gasteiger partial charge in [0, 0.05) is 0 Å². The molecule has 23 heavy (non-hydrogen) atoms. The number of unbranched alkanes of at least 4 members (excludes halogenated alkanes) is 6. The lowest BCUT2D eigenvalue weighted by molar-refractivity contribution is 0.0679. The Kier molecular flexibility index (Phi) is 9.28. The van der Waals surface area contributed by atoms with Crippen molar-refractivity contribution in [3.8, 4) is 5.75 Å². The zero-order valence-electron chi connectivity index (χ0n) is 13.5. The van der Waals surface area contributed by atoms with E-state index in [0.29, 0.717) is 6.61 Å². The largest absolute Gasteiger partial charge is 0.478 e. The predicted molar refractivity (Wildman–Crippen MR) is 86.5 cm³/mol. The number of para-hydroxylation sites is 1. The van der Waals surface area contributed by atoms with Gasteiger partial charge >= 0.3 is 12.1 Å². The third-order valence-corrected chi connectivity index (χ3v) is 3.34. The standard InChI is InChI=1S/C17H25NO5/c1-2-3-4-5-6-7-10-13-22-17(21)18-23-15-12-9-8-11-14(15)16(19)20/h8-9,11-12H,2-7,10,13H2,1H3,(H,18,21)(H,19,20). The zero-order chi connectivity index (χ0) is 16.9. The lowest BCUT2D eigenvalue weighted by Crippen LogP contribution is -2.28. The summed E-state index contributed by atoms with van der Waals surface area (Å²) < 4.78 is 4.97. The van der Waals surface area contributed by atoms with Gasteiger partial charge in [0.1, 0.15) is 5.56 Å². The summed E-state index contributed by atoms with van der Waals surface area (Å²) in [5.74, 6) is -1.06. The van der Waals surface area contributed by atoms with Crippen LogP contribution in [0.15, 0.2) is 24.3 Å². The summed E-state index contributed by atoms with van der Waals surface area (Å²) in [6.07, 6.45) is 7.24. The van der Waals surface area contributed by atoms with Crippen molar-refractivity contribution in [2.45, 2.75) is 51.9 Å². The molecule has 0 bridgehead atoms. The van der Waals surface area contributed by atoms with E-state index in [1.807, 2.05) is 0 Å². The van der Waals surface area contributed by atoms with Crippen molar-refractivity contribution in [1.82, 2.24) is 5.48 Å². The van der Waals surface area contributed by atoms with E-state index in [1.165, 1.54) is 37.8 Å². The number of benzene rings is 1. The van der Waals surface area contributed by atoms with Gasteiger partial charge in [-0.3, -0.25) is 0 Å². The summed E-state index contributed by atoms with van der Waals surface area (Å²) in [5.41, 5.74) is 2.06. The third kappa shape index (κ3) is 8.09. The predicted octanol–water partition coefficient (Wildman–Crippen LogP) is 4.16. The van der Waals surface area contributed by atoms with Gasteiger partial charge in [-0.1, -0.05) is 57.6 Å². The van der Waals surface area contributed by atoms with E-state index in [9.17, 15) is 9.59 Å². The summed E-state index contributed by atoms with van der Waals surface area (Å²) in [4.78, 5) is 27.4. The van der Waals surface area contributed by atoms with Crippen molar-refractivity contribution >= 4 is 12.1 Å². The fraction of sp³-hybridized carbons (Fsp3) is 0.529. The normalized spacial score (nSPS) is 10.1. The van der Waals surface area contributed by atoms with E-state index >= 15 is 0 Å². The lowest BCUT2D eigenvalue weighted by atomic mass is 10.1. The van der Waals surface area contributed by atoms with Crippen molar-refractivity contribution in [2.24, 2.45) is 0 Å². The van der Waals surface area contributed by atoms with Gasteiger partial charge in [0.25, 0.3) is 0 Å². The van der Waals surface area contributed by atoms with E-state index in [0.717, 1.165) is 19.3 Å². The van der Waals surface area contributed by atoms with E-state index < -0.39 is 12.1 Å². The van der Waals surface area contributed by atoms with Crippen LogP contribution in [-0.4, -0.2) is 23.8 Å². The minimum absolute atomic E-state index is 0.0279. The van der Waals surface area contributed by atoms with E-state index in [4.69, 9.17) is 14.7 Å². The molecule has 1 aromatic rings. The average Bonchev–Trinajstić information content (AvgIpc) is 2.55. The first-order valence-corrected chi connectivity index (χ1v) is 8.07. The van der Waals surface area contributed by atoms with Gasteiger partial charge in [-0.15, -0.1) is 0 Å². The SMILES string of the molecule is CCCCCCCCCOC(=O)NOc1ccccc1C(=O)O. The number of rotatable bonds is 11. The van der Waals surface area contributed by atoms with Crippen LogP contribution in [0.25, 0.3) is 0 Å². The topological polar surface area (TPSA) is 84.9 Å². The van der Waals surface area contributed by atoms with Gasteiger partial charge in [0.2, 0.25) is 0 Å². The molecule has 1 amide bonds. The van der Waals surface area contributed by atoms with Crippen molar-refractivity contribution in [1.29, 1.82) is 0 Å². The Labute approximate surface area is 136 Å². The smallest absolute Gasteiger partial charge is 0.440 e. The summed E-state index contributed by atoms with van der Waals surface area (Å²) in [6.45, 7) is 2.51. The molecule has 128 valence electrons. The number of hydroxylamine groups is 1. The molecular formula is C17H25NO5. The summed E-state index contributed by atoms with van der Waals surface area (Å²) >= 11 is 0. The maximum atomic E-state index is 11.5. The van der Waals surface area contributed by atoms with Gasteiger partial charge in [0.15, 0.2) is 5.75 Å². The van der Waals surface area contributed by atoms with Crippen LogP contribution in [0.2, 0.25) is 0 Å². The number of carboxylic acids is 1. The molecule has 0 aromatic heterocycles. The molecule has 0 saturated heterocycles. The molecule has 1 aromatic carbocycles. The highest BCUT2D eigenvalue weighted by atomic mass is 16.7. The van der Waals surface area contributed by atoms with Crippen molar-refractivity contribution in [2.75, 3.05) is 6.61 Å². The highest BCUT2D eigenvalue weighted by molar-refractivity contribution is 5.90.